The smallest absolute Gasteiger partial charge is 0.238 e. The minimum absolute atomic E-state index is 0. The average molecular weight is 302 g/mol. The van der Waals surface area contributed by atoms with Gasteiger partial charge in [-0.15, -0.1) is 12.4 Å². The largest absolute Gasteiger partial charge is 0.329 e. The minimum atomic E-state index is -0.357. The first-order chi connectivity index (χ1) is 9.10. The highest BCUT2D eigenvalue weighted by atomic mass is 35.5. The molecule has 1 aliphatic carbocycles. The van der Waals surface area contributed by atoms with E-state index in [9.17, 15) is 9.18 Å². The van der Waals surface area contributed by atoms with Crippen molar-refractivity contribution in [2.45, 2.75) is 18.9 Å². The fourth-order valence-electron chi connectivity index (χ4n) is 2.32. The van der Waals surface area contributed by atoms with Crippen molar-refractivity contribution in [1.29, 1.82) is 0 Å². The zero-order valence-corrected chi connectivity index (χ0v) is 12.3. The number of nitrogens with one attached hydrogen (secondary N) is 1. The summed E-state index contributed by atoms with van der Waals surface area (Å²) in [5.41, 5.74) is 6.22. The first-order valence-electron chi connectivity index (χ1n) is 6.56. The Labute approximate surface area is 124 Å². The van der Waals surface area contributed by atoms with Crippen LogP contribution in [0.5, 0.6) is 0 Å². The molecule has 1 atom stereocenters. The predicted octanol–water partition coefficient (Wildman–Crippen LogP) is 1.86. The van der Waals surface area contributed by atoms with Gasteiger partial charge in [0, 0.05) is 18.3 Å². The zero-order valence-electron chi connectivity index (χ0n) is 11.5. The summed E-state index contributed by atoms with van der Waals surface area (Å²) in [6, 6.07) is 6.15. The lowest BCUT2D eigenvalue weighted by Gasteiger charge is -2.26. The van der Waals surface area contributed by atoms with E-state index in [4.69, 9.17) is 5.73 Å². The lowest BCUT2D eigenvalue weighted by Crippen LogP contribution is -2.43. The minimum Gasteiger partial charge on any atom is -0.329 e. The Morgan fingerprint density at radius 2 is 2.25 bits per heavy atom. The molecule has 1 fully saturated rings. The Bertz CT molecular complexity index is 454. The Balaban J connectivity index is 0.00000200. The number of nitrogens with two attached hydrogens (primary N) is 1. The molecule has 112 valence electrons. The number of carbonyl (C=O) groups is 1. The van der Waals surface area contributed by atoms with E-state index in [0.717, 1.165) is 0 Å². The Morgan fingerprint density at radius 1 is 1.55 bits per heavy atom. The lowest BCUT2D eigenvalue weighted by molar-refractivity contribution is -0.117. The van der Waals surface area contributed by atoms with Gasteiger partial charge in [0.15, 0.2) is 0 Å². The fourth-order valence-corrected chi connectivity index (χ4v) is 2.32. The van der Waals surface area contributed by atoms with Crippen LogP contribution >= 0.6 is 12.4 Å². The molecule has 2 rings (SSSR count). The zero-order chi connectivity index (χ0) is 13.8. The highest BCUT2D eigenvalue weighted by Crippen LogP contribution is 2.34. The van der Waals surface area contributed by atoms with Crippen molar-refractivity contribution in [2.75, 3.05) is 25.5 Å². The third-order valence-corrected chi connectivity index (χ3v) is 3.48. The summed E-state index contributed by atoms with van der Waals surface area (Å²) < 4.78 is 13.0. The summed E-state index contributed by atoms with van der Waals surface area (Å²) in [6.07, 6.45) is 2.38. The fraction of sp³-hybridized carbons (Fsp3) is 0.500. The SMILES string of the molecule is CN(CC(=O)Nc1cccc(F)c1)C(CN)C1CC1.Cl. The van der Waals surface area contributed by atoms with Gasteiger partial charge in [-0.1, -0.05) is 6.07 Å². The van der Waals surface area contributed by atoms with Gasteiger partial charge in [-0.25, -0.2) is 4.39 Å². The van der Waals surface area contributed by atoms with E-state index in [0.29, 0.717) is 18.2 Å². The molecule has 3 N–H and O–H groups in total. The van der Waals surface area contributed by atoms with Crippen LogP contribution in [0.3, 0.4) is 0 Å². The van der Waals surface area contributed by atoms with Crippen molar-refractivity contribution in [3.8, 4) is 0 Å². The van der Waals surface area contributed by atoms with Crippen LogP contribution < -0.4 is 11.1 Å². The maximum atomic E-state index is 13.0. The highest BCUT2D eigenvalue weighted by molar-refractivity contribution is 5.92. The first-order valence-corrected chi connectivity index (χ1v) is 6.56. The van der Waals surface area contributed by atoms with Crippen molar-refractivity contribution < 1.29 is 9.18 Å². The molecule has 20 heavy (non-hydrogen) atoms. The van der Waals surface area contributed by atoms with E-state index in [1.165, 1.54) is 25.0 Å². The summed E-state index contributed by atoms with van der Waals surface area (Å²) in [5, 5.41) is 2.69. The summed E-state index contributed by atoms with van der Waals surface area (Å²) in [6.45, 7) is 0.837. The van der Waals surface area contributed by atoms with Crippen LogP contribution in [0.1, 0.15) is 12.8 Å². The first kappa shape index (κ1) is 16.9. The third kappa shape index (κ3) is 4.74. The number of benzene rings is 1. The molecule has 1 amide bonds. The van der Waals surface area contributed by atoms with E-state index in [1.54, 1.807) is 12.1 Å². The van der Waals surface area contributed by atoms with Crippen molar-refractivity contribution in [2.24, 2.45) is 11.7 Å². The van der Waals surface area contributed by atoms with Gasteiger partial charge in [-0.05, 0) is 44.0 Å². The van der Waals surface area contributed by atoms with E-state index in [2.05, 4.69) is 5.32 Å². The molecule has 0 aliphatic heterocycles. The summed E-state index contributed by atoms with van der Waals surface area (Å²) in [4.78, 5) is 13.9. The molecule has 0 spiro atoms. The van der Waals surface area contributed by atoms with Gasteiger partial charge in [0.25, 0.3) is 0 Å². The van der Waals surface area contributed by atoms with Gasteiger partial charge in [0.05, 0.1) is 6.54 Å². The van der Waals surface area contributed by atoms with Crippen molar-refractivity contribution in [1.82, 2.24) is 4.90 Å². The standard InChI is InChI=1S/C14H20FN3O.ClH/c1-18(13(8-16)10-5-6-10)9-14(19)17-12-4-2-3-11(15)7-12;/h2-4,7,10,13H,5-6,8-9,16H2,1H3,(H,17,19);1H. The second kappa shape index (κ2) is 7.57. The molecule has 1 aromatic carbocycles. The average Bonchev–Trinajstić information content (AvgIpc) is 3.14. The van der Waals surface area contributed by atoms with Gasteiger partial charge in [-0.3, -0.25) is 9.69 Å². The predicted molar refractivity (Wildman–Crippen MR) is 80.5 cm³/mol. The second-order valence-electron chi connectivity index (χ2n) is 5.11. The molecule has 0 bridgehead atoms. The summed E-state index contributed by atoms with van der Waals surface area (Å²) in [5.74, 6) is 0.119. The molecule has 4 nitrogen and oxygen atoms in total. The Kier molecular flexibility index (Phi) is 6.39. The van der Waals surface area contributed by atoms with Gasteiger partial charge in [0.2, 0.25) is 5.91 Å². The van der Waals surface area contributed by atoms with Crippen LogP contribution in [0.2, 0.25) is 0 Å². The lowest BCUT2D eigenvalue weighted by atomic mass is 10.1. The van der Waals surface area contributed by atoms with E-state index in [-0.39, 0.29) is 36.7 Å². The number of anilines is 1. The molecule has 1 aliphatic rings. The molecule has 6 heteroatoms. The molecule has 0 aromatic heterocycles. The van der Waals surface area contributed by atoms with Gasteiger partial charge in [-0.2, -0.15) is 0 Å². The van der Waals surface area contributed by atoms with Gasteiger partial charge in [0.1, 0.15) is 5.82 Å². The Morgan fingerprint density at radius 3 is 2.80 bits per heavy atom. The highest BCUT2D eigenvalue weighted by Gasteiger charge is 2.33. The molecular weight excluding hydrogens is 281 g/mol. The van der Waals surface area contributed by atoms with Crippen LogP contribution in [0, 0.1) is 11.7 Å². The van der Waals surface area contributed by atoms with Gasteiger partial charge < -0.3 is 11.1 Å². The number of hydrogen-bond acceptors (Lipinski definition) is 3. The molecular formula is C14H21ClFN3O. The molecule has 1 aromatic rings. The molecule has 0 saturated heterocycles. The van der Waals surface area contributed by atoms with Crippen molar-refractivity contribution in [3.63, 3.8) is 0 Å². The summed E-state index contributed by atoms with van der Waals surface area (Å²) in [7, 11) is 1.90. The number of nitrogens with zero attached hydrogens (tertiary/aromatic N) is 1. The number of carbonyl (C=O) groups excluding carboxylic acids is 1. The van der Waals surface area contributed by atoms with Gasteiger partial charge >= 0.3 is 0 Å². The third-order valence-electron chi connectivity index (χ3n) is 3.48. The van der Waals surface area contributed by atoms with E-state index in [1.807, 2.05) is 11.9 Å². The van der Waals surface area contributed by atoms with Crippen LogP contribution in [-0.2, 0) is 4.79 Å². The normalized spacial score (nSPS) is 15.6. The van der Waals surface area contributed by atoms with Crippen LogP contribution in [-0.4, -0.2) is 37.0 Å². The monoisotopic (exact) mass is 301 g/mol. The summed E-state index contributed by atoms with van der Waals surface area (Å²) >= 11 is 0. The molecule has 0 radical (unpaired) electrons. The number of halogens is 2. The van der Waals surface area contributed by atoms with E-state index >= 15 is 0 Å². The number of rotatable bonds is 6. The molecule has 1 saturated carbocycles. The quantitative estimate of drug-likeness (QED) is 0.843. The number of amides is 1. The Hall–Kier alpha value is -1.17. The maximum Gasteiger partial charge on any atom is 0.238 e. The van der Waals surface area contributed by atoms with E-state index < -0.39 is 0 Å². The van der Waals surface area contributed by atoms with Crippen LogP contribution in [0.25, 0.3) is 0 Å². The number of likely N-dealkylation sites (N-methyl/N-ethyl adjacent to an activating group) is 1. The second-order valence-corrected chi connectivity index (χ2v) is 5.11. The van der Waals surface area contributed by atoms with Crippen LogP contribution in [0.15, 0.2) is 24.3 Å². The topological polar surface area (TPSA) is 58.4 Å². The van der Waals surface area contributed by atoms with Crippen LogP contribution in [0.4, 0.5) is 10.1 Å². The molecule has 1 unspecified atom stereocenters. The van der Waals surface area contributed by atoms with Crippen molar-refractivity contribution in [3.05, 3.63) is 30.1 Å². The molecule has 0 heterocycles. The van der Waals surface area contributed by atoms with Crippen molar-refractivity contribution >= 4 is 24.0 Å². The maximum absolute atomic E-state index is 13.0. The number of hydrogen-bond donors (Lipinski definition) is 2.